The van der Waals surface area contributed by atoms with Crippen LogP contribution in [0.3, 0.4) is 0 Å². The molecule has 1 aliphatic carbocycles. The minimum atomic E-state index is -0.376. The Balaban J connectivity index is 1.35. The molecule has 0 aromatic carbocycles. The molecule has 2 saturated heterocycles. The van der Waals surface area contributed by atoms with E-state index in [1.165, 1.54) is 12.8 Å². The average molecular weight is 393 g/mol. The lowest BCUT2D eigenvalue weighted by Gasteiger charge is -2.35. The van der Waals surface area contributed by atoms with E-state index in [9.17, 15) is 14.4 Å². The number of nitrogens with zero attached hydrogens (tertiary/aromatic N) is 2. The number of likely N-dealkylation sites (tertiary alicyclic amines) is 2. The smallest absolute Gasteiger partial charge is 0.321 e. The summed E-state index contributed by atoms with van der Waals surface area (Å²) in [5.41, 5.74) is 0. The van der Waals surface area contributed by atoms with E-state index in [0.717, 1.165) is 71.1 Å². The van der Waals surface area contributed by atoms with Gasteiger partial charge >= 0.3 is 6.03 Å². The molecule has 3 rings (SSSR count). The lowest BCUT2D eigenvalue weighted by atomic mass is 9.86. The molecule has 2 aliphatic heterocycles. The maximum absolute atomic E-state index is 12.6. The Morgan fingerprint density at radius 3 is 2.21 bits per heavy atom. The highest BCUT2D eigenvalue weighted by molar-refractivity contribution is 5.95. The van der Waals surface area contributed by atoms with Crippen molar-refractivity contribution in [1.82, 2.24) is 20.4 Å². The van der Waals surface area contributed by atoms with Crippen molar-refractivity contribution in [3.63, 3.8) is 0 Å². The van der Waals surface area contributed by atoms with Crippen molar-refractivity contribution < 1.29 is 14.4 Å². The molecule has 28 heavy (non-hydrogen) atoms. The standard InChI is InChI=1S/C21H36N4O3/c1-16-7-3-4-8-18(16)22-21(28)23-19(26)15-24-13-9-17(10-14-24)20(27)25-11-5-2-6-12-25/h16-18H,2-15H2,1H3,(H2,22,23,26,28). The molecule has 3 aliphatic rings. The molecule has 0 aromatic heterocycles. The number of nitrogens with one attached hydrogen (secondary N) is 2. The second-order valence-electron chi connectivity index (χ2n) is 8.83. The van der Waals surface area contributed by atoms with Crippen molar-refractivity contribution in [2.24, 2.45) is 11.8 Å². The molecule has 2 heterocycles. The Kier molecular flexibility index (Phi) is 7.71. The molecule has 7 heteroatoms. The molecule has 2 unspecified atom stereocenters. The minimum absolute atomic E-state index is 0.0912. The number of carbonyl (C=O) groups is 3. The van der Waals surface area contributed by atoms with Crippen LogP contribution < -0.4 is 10.6 Å². The third kappa shape index (κ3) is 5.93. The third-order valence-corrected chi connectivity index (χ3v) is 6.65. The van der Waals surface area contributed by atoms with Gasteiger partial charge in [0.25, 0.3) is 0 Å². The Morgan fingerprint density at radius 2 is 1.54 bits per heavy atom. The molecule has 0 spiro atoms. The molecule has 3 fully saturated rings. The number of urea groups is 1. The highest BCUT2D eigenvalue weighted by Gasteiger charge is 2.30. The third-order valence-electron chi connectivity index (χ3n) is 6.65. The highest BCUT2D eigenvalue weighted by Crippen LogP contribution is 2.24. The van der Waals surface area contributed by atoms with Crippen LogP contribution in [0.15, 0.2) is 0 Å². The van der Waals surface area contributed by atoms with E-state index in [1.807, 2.05) is 9.80 Å². The van der Waals surface area contributed by atoms with E-state index in [0.29, 0.717) is 11.8 Å². The van der Waals surface area contributed by atoms with Gasteiger partial charge in [-0.05, 0) is 64.0 Å². The van der Waals surface area contributed by atoms with E-state index < -0.39 is 0 Å². The van der Waals surface area contributed by atoms with Crippen LogP contribution in [0.5, 0.6) is 0 Å². The maximum Gasteiger partial charge on any atom is 0.321 e. The maximum atomic E-state index is 12.6. The number of imide groups is 1. The van der Waals surface area contributed by atoms with Gasteiger partial charge < -0.3 is 10.2 Å². The van der Waals surface area contributed by atoms with Crippen molar-refractivity contribution >= 4 is 17.8 Å². The predicted octanol–water partition coefficient (Wildman–Crippen LogP) is 2.12. The van der Waals surface area contributed by atoms with Gasteiger partial charge in [-0.3, -0.25) is 19.8 Å². The molecule has 0 radical (unpaired) electrons. The van der Waals surface area contributed by atoms with Crippen molar-refractivity contribution in [3.8, 4) is 0 Å². The van der Waals surface area contributed by atoms with E-state index in [2.05, 4.69) is 17.6 Å². The molecule has 158 valence electrons. The molecular formula is C21H36N4O3. The van der Waals surface area contributed by atoms with Crippen LogP contribution in [-0.4, -0.2) is 66.4 Å². The quantitative estimate of drug-likeness (QED) is 0.768. The van der Waals surface area contributed by atoms with E-state index in [4.69, 9.17) is 0 Å². The first-order valence-corrected chi connectivity index (χ1v) is 11.1. The zero-order valence-corrected chi connectivity index (χ0v) is 17.3. The van der Waals surface area contributed by atoms with Crippen LogP contribution in [0.1, 0.15) is 64.7 Å². The zero-order valence-electron chi connectivity index (χ0n) is 17.3. The van der Waals surface area contributed by atoms with Crippen LogP contribution in [0, 0.1) is 11.8 Å². The largest absolute Gasteiger partial charge is 0.342 e. The van der Waals surface area contributed by atoms with Gasteiger partial charge in [0.05, 0.1) is 6.54 Å². The van der Waals surface area contributed by atoms with Crippen molar-refractivity contribution in [2.75, 3.05) is 32.7 Å². The summed E-state index contributed by atoms with van der Waals surface area (Å²) >= 11 is 0. The summed E-state index contributed by atoms with van der Waals surface area (Å²) in [5.74, 6) is 0.589. The van der Waals surface area contributed by atoms with Gasteiger partial charge in [0.1, 0.15) is 0 Å². The van der Waals surface area contributed by atoms with Crippen LogP contribution in [0.2, 0.25) is 0 Å². The number of amides is 4. The first-order valence-electron chi connectivity index (χ1n) is 11.1. The normalized spacial score (nSPS) is 27.2. The van der Waals surface area contributed by atoms with Crippen LogP contribution in [-0.2, 0) is 9.59 Å². The topological polar surface area (TPSA) is 81.8 Å². The zero-order chi connectivity index (χ0) is 19.9. The SMILES string of the molecule is CC1CCCCC1NC(=O)NC(=O)CN1CCC(C(=O)N2CCCCC2)CC1. The van der Waals surface area contributed by atoms with Gasteiger partial charge in [0.15, 0.2) is 0 Å². The monoisotopic (exact) mass is 392 g/mol. The fourth-order valence-corrected chi connectivity index (χ4v) is 4.81. The summed E-state index contributed by atoms with van der Waals surface area (Å²) < 4.78 is 0. The van der Waals surface area contributed by atoms with E-state index >= 15 is 0 Å². The van der Waals surface area contributed by atoms with Gasteiger partial charge in [0, 0.05) is 25.0 Å². The molecule has 2 atom stereocenters. The van der Waals surface area contributed by atoms with Gasteiger partial charge in [-0.1, -0.05) is 19.8 Å². The number of rotatable bonds is 4. The summed E-state index contributed by atoms with van der Waals surface area (Å²) in [6.45, 7) is 5.64. The van der Waals surface area contributed by atoms with Crippen LogP contribution in [0.25, 0.3) is 0 Å². The highest BCUT2D eigenvalue weighted by atomic mass is 16.2. The predicted molar refractivity (Wildman–Crippen MR) is 108 cm³/mol. The van der Waals surface area contributed by atoms with Crippen LogP contribution in [0.4, 0.5) is 4.79 Å². The lowest BCUT2D eigenvalue weighted by molar-refractivity contribution is -0.138. The fraction of sp³-hybridized carbons (Fsp3) is 0.857. The molecule has 7 nitrogen and oxygen atoms in total. The first-order chi connectivity index (χ1) is 13.5. The molecule has 1 saturated carbocycles. The Hall–Kier alpha value is -1.63. The first kappa shape index (κ1) is 21.1. The van der Waals surface area contributed by atoms with Crippen molar-refractivity contribution in [2.45, 2.75) is 70.8 Å². The Labute approximate surface area is 168 Å². The summed E-state index contributed by atoms with van der Waals surface area (Å²) in [7, 11) is 0. The molecule has 4 amide bonds. The average Bonchev–Trinajstić information content (AvgIpc) is 2.70. The lowest BCUT2D eigenvalue weighted by Crippen LogP contribution is -2.51. The fourth-order valence-electron chi connectivity index (χ4n) is 4.81. The van der Waals surface area contributed by atoms with E-state index in [1.54, 1.807) is 0 Å². The van der Waals surface area contributed by atoms with Crippen molar-refractivity contribution in [3.05, 3.63) is 0 Å². The Bertz CT molecular complexity index is 554. The molecule has 0 bridgehead atoms. The van der Waals surface area contributed by atoms with Crippen molar-refractivity contribution in [1.29, 1.82) is 0 Å². The number of hydrogen-bond donors (Lipinski definition) is 2. The minimum Gasteiger partial charge on any atom is -0.342 e. The summed E-state index contributed by atoms with van der Waals surface area (Å²) in [6.07, 6.45) is 9.53. The summed E-state index contributed by atoms with van der Waals surface area (Å²) in [6, 6.07) is -0.211. The van der Waals surface area contributed by atoms with Crippen LogP contribution >= 0.6 is 0 Å². The number of carbonyl (C=O) groups excluding carboxylic acids is 3. The molecule has 0 aromatic rings. The van der Waals surface area contributed by atoms with Gasteiger partial charge in [0.2, 0.25) is 11.8 Å². The second kappa shape index (κ2) is 10.2. The number of piperidine rings is 2. The summed E-state index contributed by atoms with van der Waals surface area (Å²) in [4.78, 5) is 41.0. The number of hydrogen-bond acceptors (Lipinski definition) is 4. The molecular weight excluding hydrogens is 356 g/mol. The second-order valence-corrected chi connectivity index (χ2v) is 8.83. The van der Waals surface area contributed by atoms with Gasteiger partial charge in [-0.15, -0.1) is 0 Å². The summed E-state index contributed by atoms with van der Waals surface area (Å²) in [5, 5.41) is 5.43. The van der Waals surface area contributed by atoms with Gasteiger partial charge in [-0.25, -0.2) is 4.79 Å². The van der Waals surface area contributed by atoms with Gasteiger partial charge in [-0.2, -0.15) is 0 Å². The molecule has 2 N–H and O–H groups in total. The Morgan fingerprint density at radius 1 is 0.857 bits per heavy atom. The van der Waals surface area contributed by atoms with E-state index in [-0.39, 0.29) is 30.4 Å².